The molecule has 118 valence electrons. The zero-order valence-electron chi connectivity index (χ0n) is 12.6. The molecule has 1 atom stereocenters. The molecule has 1 unspecified atom stereocenters. The Bertz CT molecular complexity index is 468. The minimum absolute atomic E-state index is 0.105. The number of carbonyl (C=O) groups excluding carboxylic acids is 1. The molecule has 1 aromatic rings. The average Bonchev–Trinajstić information content (AvgIpc) is 2.45. The molecular weight excluding hydrogens is 290 g/mol. The number of hydrogen-bond acceptors (Lipinski definition) is 4. The topological polar surface area (TPSA) is 78.6 Å². The van der Waals surface area contributed by atoms with Gasteiger partial charge < -0.3 is 16.2 Å². The first-order valence-corrected chi connectivity index (χ1v) is 7.50. The summed E-state index contributed by atoms with van der Waals surface area (Å²) in [6, 6.07) is 4.75. The Hall–Kier alpha value is -1.30. The Morgan fingerprint density at radius 3 is 2.76 bits per heavy atom. The van der Waals surface area contributed by atoms with E-state index in [1.54, 1.807) is 18.2 Å². The van der Waals surface area contributed by atoms with Crippen LogP contribution in [0.25, 0.3) is 0 Å². The van der Waals surface area contributed by atoms with Gasteiger partial charge in [0.1, 0.15) is 0 Å². The zero-order chi connectivity index (χ0) is 15.8. The fourth-order valence-corrected chi connectivity index (χ4v) is 2.15. The predicted octanol–water partition coefficient (Wildman–Crippen LogP) is 2.34. The van der Waals surface area contributed by atoms with E-state index in [1.807, 2.05) is 18.9 Å². The molecule has 6 heteroatoms. The minimum Gasteiger partial charge on any atom is -0.399 e. The smallest absolute Gasteiger partial charge is 0.241 e. The van der Waals surface area contributed by atoms with Crippen molar-refractivity contribution in [3.63, 3.8) is 0 Å². The van der Waals surface area contributed by atoms with E-state index in [9.17, 15) is 4.79 Å². The molecule has 0 aliphatic carbocycles. The Kier molecular flexibility index (Phi) is 7.50. The summed E-state index contributed by atoms with van der Waals surface area (Å²) in [6.07, 6.45) is 2.71. The fraction of sp³-hybridized carbons (Fsp3) is 0.533. The van der Waals surface area contributed by atoms with E-state index < -0.39 is 0 Å². The molecular formula is C15H24ClN3O2. The van der Waals surface area contributed by atoms with Crippen LogP contribution >= 0.6 is 11.6 Å². The lowest BCUT2D eigenvalue weighted by Crippen LogP contribution is -2.40. The van der Waals surface area contributed by atoms with Crippen molar-refractivity contribution in [1.82, 2.24) is 4.90 Å². The summed E-state index contributed by atoms with van der Waals surface area (Å²) in [6.45, 7) is 2.88. The van der Waals surface area contributed by atoms with E-state index in [4.69, 9.17) is 22.4 Å². The second kappa shape index (κ2) is 8.87. The fourth-order valence-electron chi connectivity index (χ4n) is 1.91. The van der Waals surface area contributed by atoms with Crippen molar-refractivity contribution in [2.75, 3.05) is 31.2 Å². The molecule has 0 aromatic heterocycles. The van der Waals surface area contributed by atoms with Gasteiger partial charge in [0, 0.05) is 12.3 Å². The first-order chi connectivity index (χ1) is 9.95. The highest BCUT2D eigenvalue weighted by Crippen LogP contribution is 2.24. The SMILES string of the molecule is CC(C(=O)Nc1ccc(N)cc1Cl)N(C)CCCCCO. The van der Waals surface area contributed by atoms with Gasteiger partial charge in [-0.2, -0.15) is 0 Å². The first-order valence-electron chi connectivity index (χ1n) is 7.12. The van der Waals surface area contributed by atoms with Gasteiger partial charge in [-0.3, -0.25) is 9.69 Å². The Morgan fingerprint density at radius 2 is 2.14 bits per heavy atom. The van der Waals surface area contributed by atoms with Gasteiger partial charge in [0.2, 0.25) is 5.91 Å². The van der Waals surface area contributed by atoms with Gasteiger partial charge >= 0.3 is 0 Å². The van der Waals surface area contributed by atoms with Crippen molar-refractivity contribution in [2.24, 2.45) is 0 Å². The number of aliphatic hydroxyl groups excluding tert-OH is 1. The number of anilines is 2. The number of unbranched alkanes of at least 4 members (excludes halogenated alkanes) is 2. The zero-order valence-corrected chi connectivity index (χ0v) is 13.4. The number of carbonyl (C=O) groups is 1. The number of halogens is 1. The molecule has 1 amide bonds. The van der Waals surface area contributed by atoms with Crippen molar-refractivity contribution >= 4 is 28.9 Å². The number of amides is 1. The lowest BCUT2D eigenvalue weighted by atomic mass is 10.2. The summed E-state index contributed by atoms with van der Waals surface area (Å²) in [7, 11) is 1.91. The van der Waals surface area contributed by atoms with Crippen molar-refractivity contribution in [3.05, 3.63) is 23.2 Å². The number of nitrogens with one attached hydrogen (secondary N) is 1. The van der Waals surface area contributed by atoms with Gasteiger partial charge in [0.05, 0.1) is 16.8 Å². The molecule has 0 spiro atoms. The average molecular weight is 314 g/mol. The van der Waals surface area contributed by atoms with E-state index in [0.717, 1.165) is 25.8 Å². The molecule has 0 saturated heterocycles. The highest BCUT2D eigenvalue weighted by atomic mass is 35.5. The number of nitrogen functional groups attached to an aromatic ring is 1. The quantitative estimate of drug-likeness (QED) is 0.508. The number of hydrogen-bond donors (Lipinski definition) is 3. The van der Waals surface area contributed by atoms with Crippen LogP contribution in [0, 0.1) is 0 Å². The number of nitrogens with two attached hydrogens (primary N) is 1. The maximum absolute atomic E-state index is 12.2. The molecule has 0 heterocycles. The van der Waals surface area contributed by atoms with Gasteiger partial charge in [-0.05, 0) is 58.0 Å². The van der Waals surface area contributed by atoms with Crippen LogP contribution in [0.2, 0.25) is 5.02 Å². The predicted molar refractivity (Wildman–Crippen MR) is 87.5 cm³/mol. The van der Waals surface area contributed by atoms with Crippen LogP contribution in [-0.2, 0) is 4.79 Å². The van der Waals surface area contributed by atoms with E-state index in [-0.39, 0.29) is 18.6 Å². The van der Waals surface area contributed by atoms with Crippen LogP contribution in [0.5, 0.6) is 0 Å². The number of nitrogens with zero attached hydrogens (tertiary/aromatic N) is 1. The lowest BCUT2D eigenvalue weighted by Gasteiger charge is -2.24. The summed E-state index contributed by atoms with van der Waals surface area (Å²) >= 11 is 6.04. The molecule has 0 fully saturated rings. The van der Waals surface area contributed by atoms with Crippen LogP contribution < -0.4 is 11.1 Å². The van der Waals surface area contributed by atoms with Crippen LogP contribution in [0.4, 0.5) is 11.4 Å². The van der Waals surface area contributed by atoms with E-state index in [0.29, 0.717) is 16.4 Å². The summed E-state index contributed by atoms with van der Waals surface area (Å²) in [5.41, 5.74) is 6.75. The maximum Gasteiger partial charge on any atom is 0.241 e. The molecule has 4 N–H and O–H groups in total. The third kappa shape index (κ3) is 5.91. The third-order valence-electron chi connectivity index (χ3n) is 3.46. The van der Waals surface area contributed by atoms with Crippen molar-refractivity contribution in [2.45, 2.75) is 32.2 Å². The number of likely N-dealkylation sites (N-methyl/N-ethyl adjacent to an activating group) is 1. The number of aliphatic hydroxyl groups is 1. The first kappa shape index (κ1) is 17.8. The molecule has 0 aliphatic heterocycles. The molecule has 0 bridgehead atoms. The second-order valence-electron chi connectivity index (χ2n) is 5.17. The summed E-state index contributed by atoms with van der Waals surface area (Å²) in [5, 5.41) is 12.0. The summed E-state index contributed by atoms with van der Waals surface area (Å²) in [4.78, 5) is 14.2. The molecule has 0 aliphatic rings. The highest BCUT2D eigenvalue weighted by molar-refractivity contribution is 6.34. The maximum atomic E-state index is 12.2. The van der Waals surface area contributed by atoms with E-state index in [1.165, 1.54) is 0 Å². The largest absolute Gasteiger partial charge is 0.399 e. The summed E-state index contributed by atoms with van der Waals surface area (Å²) < 4.78 is 0. The van der Waals surface area contributed by atoms with Gasteiger partial charge in [-0.1, -0.05) is 11.6 Å². The van der Waals surface area contributed by atoms with Crippen LogP contribution in [0.3, 0.4) is 0 Å². The lowest BCUT2D eigenvalue weighted by molar-refractivity contribution is -0.120. The number of benzene rings is 1. The third-order valence-corrected chi connectivity index (χ3v) is 3.77. The van der Waals surface area contributed by atoms with Gasteiger partial charge in [0.25, 0.3) is 0 Å². The second-order valence-corrected chi connectivity index (χ2v) is 5.58. The van der Waals surface area contributed by atoms with Crippen LogP contribution in [-0.4, -0.2) is 42.2 Å². The normalized spacial score (nSPS) is 12.4. The molecule has 1 rings (SSSR count). The van der Waals surface area contributed by atoms with Gasteiger partial charge in [-0.15, -0.1) is 0 Å². The van der Waals surface area contributed by atoms with Crippen LogP contribution in [0.15, 0.2) is 18.2 Å². The standard InChI is InChI=1S/C15H24ClN3O2/c1-11(19(2)8-4-3-5-9-20)15(21)18-14-7-6-12(17)10-13(14)16/h6-7,10-11,20H,3-5,8-9,17H2,1-2H3,(H,18,21). The van der Waals surface area contributed by atoms with E-state index in [2.05, 4.69) is 5.32 Å². The highest BCUT2D eigenvalue weighted by Gasteiger charge is 2.18. The molecule has 0 radical (unpaired) electrons. The number of rotatable bonds is 8. The molecule has 5 nitrogen and oxygen atoms in total. The summed E-state index contributed by atoms with van der Waals surface area (Å²) in [5.74, 6) is -0.105. The van der Waals surface area contributed by atoms with Crippen molar-refractivity contribution < 1.29 is 9.90 Å². The Balaban J connectivity index is 2.49. The van der Waals surface area contributed by atoms with Crippen molar-refractivity contribution in [1.29, 1.82) is 0 Å². The van der Waals surface area contributed by atoms with Crippen LogP contribution in [0.1, 0.15) is 26.2 Å². The molecule has 1 aromatic carbocycles. The van der Waals surface area contributed by atoms with E-state index >= 15 is 0 Å². The Morgan fingerprint density at radius 1 is 1.43 bits per heavy atom. The monoisotopic (exact) mass is 313 g/mol. The van der Waals surface area contributed by atoms with Gasteiger partial charge in [0.15, 0.2) is 0 Å². The molecule has 21 heavy (non-hydrogen) atoms. The van der Waals surface area contributed by atoms with Gasteiger partial charge in [-0.25, -0.2) is 0 Å². The Labute approximate surface area is 131 Å². The molecule has 0 saturated carbocycles. The minimum atomic E-state index is -0.257. The van der Waals surface area contributed by atoms with Crippen molar-refractivity contribution in [3.8, 4) is 0 Å².